The Labute approximate surface area is 245 Å². The number of aromatic nitrogens is 4. The Kier molecular flexibility index (Phi) is 9.67. The Hall–Kier alpha value is -4.18. The zero-order valence-electron chi connectivity index (χ0n) is 24.9. The lowest BCUT2D eigenvalue weighted by atomic mass is 9.89. The molecule has 222 valence electrons. The molecule has 1 aromatic carbocycles. The average molecular weight is 577 g/mol. The standard InChI is InChI=1S/C32H37FN4O5/c1-7-41-30(39)16-23(21-10-11-29(40-6)26(33)14-21)15-28(38)25-18-37(36-27(25)19-42-32(3,4)5)17-24-13-22-9-8-12-34-31(22)35-20(24)2/h8-14,18,23H,7,15-17,19H2,1-6H3/t23-/m0/s1. The van der Waals surface area contributed by atoms with Gasteiger partial charge in [0.25, 0.3) is 0 Å². The topological polar surface area (TPSA) is 105 Å². The van der Waals surface area contributed by atoms with Gasteiger partial charge in [-0.25, -0.2) is 14.4 Å². The number of esters is 1. The van der Waals surface area contributed by atoms with E-state index in [1.54, 1.807) is 30.1 Å². The number of pyridine rings is 2. The maximum atomic E-state index is 14.6. The quantitative estimate of drug-likeness (QED) is 0.150. The molecule has 0 saturated heterocycles. The number of ketones is 1. The van der Waals surface area contributed by atoms with E-state index in [1.807, 2.05) is 45.9 Å². The second kappa shape index (κ2) is 13.2. The predicted octanol–water partition coefficient (Wildman–Crippen LogP) is 5.96. The highest BCUT2D eigenvalue weighted by Crippen LogP contribution is 2.30. The number of rotatable bonds is 12. The second-order valence-corrected chi connectivity index (χ2v) is 11.1. The Morgan fingerprint density at radius 1 is 1.12 bits per heavy atom. The van der Waals surface area contributed by atoms with Crippen LogP contribution >= 0.6 is 0 Å². The summed E-state index contributed by atoms with van der Waals surface area (Å²) < 4.78 is 32.5. The van der Waals surface area contributed by atoms with Crippen LogP contribution in [0.4, 0.5) is 4.39 Å². The molecule has 0 radical (unpaired) electrons. The molecular weight excluding hydrogens is 539 g/mol. The van der Waals surface area contributed by atoms with Crippen molar-refractivity contribution in [2.45, 2.75) is 72.1 Å². The lowest BCUT2D eigenvalue weighted by Crippen LogP contribution is -2.20. The summed E-state index contributed by atoms with van der Waals surface area (Å²) >= 11 is 0. The second-order valence-electron chi connectivity index (χ2n) is 11.1. The maximum absolute atomic E-state index is 14.6. The minimum absolute atomic E-state index is 0.0545. The zero-order valence-corrected chi connectivity index (χ0v) is 24.9. The number of hydrogen-bond acceptors (Lipinski definition) is 8. The first-order chi connectivity index (χ1) is 20.0. The maximum Gasteiger partial charge on any atom is 0.306 e. The summed E-state index contributed by atoms with van der Waals surface area (Å²) in [6.45, 7) is 10.1. The normalized spacial score (nSPS) is 12.4. The molecule has 0 bridgehead atoms. The van der Waals surface area contributed by atoms with Crippen LogP contribution in [0.2, 0.25) is 0 Å². The molecule has 3 heterocycles. The molecule has 1 atom stereocenters. The van der Waals surface area contributed by atoms with E-state index >= 15 is 0 Å². The lowest BCUT2D eigenvalue weighted by molar-refractivity contribution is -0.143. The smallest absolute Gasteiger partial charge is 0.306 e. The highest BCUT2D eigenvalue weighted by atomic mass is 19.1. The summed E-state index contributed by atoms with van der Waals surface area (Å²) in [6.07, 6.45) is 3.27. The van der Waals surface area contributed by atoms with Gasteiger partial charge in [0.05, 0.1) is 50.1 Å². The molecule has 0 N–H and O–H groups in total. The largest absolute Gasteiger partial charge is 0.494 e. The van der Waals surface area contributed by atoms with Crippen molar-refractivity contribution < 1.29 is 28.2 Å². The van der Waals surface area contributed by atoms with Crippen molar-refractivity contribution in [2.75, 3.05) is 13.7 Å². The molecular formula is C32H37FN4O5. The minimum Gasteiger partial charge on any atom is -0.494 e. The van der Waals surface area contributed by atoms with Gasteiger partial charge in [-0.1, -0.05) is 6.07 Å². The molecule has 10 heteroatoms. The fourth-order valence-corrected chi connectivity index (χ4v) is 4.64. The van der Waals surface area contributed by atoms with Crippen LogP contribution < -0.4 is 4.74 Å². The molecule has 0 aliphatic carbocycles. The van der Waals surface area contributed by atoms with E-state index in [1.165, 1.54) is 19.2 Å². The number of Topliss-reactive ketones (excluding diaryl/α,β-unsaturated/α-hetero) is 1. The van der Waals surface area contributed by atoms with Crippen molar-refractivity contribution in [1.29, 1.82) is 0 Å². The SMILES string of the molecule is CCOC(=O)C[C@H](CC(=O)c1cn(Cc2cc3cccnc3nc2C)nc1COC(C)(C)C)c1ccc(OC)c(F)c1. The van der Waals surface area contributed by atoms with Crippen molar-refractivity contribution in [3.05, 3.63) is 82.7 Å². The number of nitrogens with zero attached hydrogens (tertiary/aromatic N) is 4. The molecule has 3 aromatic heterocycles. The summed E-state index contributed by atoms with van der Waals surface area (Å²) in [4.78, 5) is 35.2. The van der Waals surface area contributed by atoms with Crippen molar-refractivity contribution >= 4 is 22.8 Å². The van der Waals surface area contributed by atoms with Gasteiger partial charge >= 0.3 is 5.97 Å². The van der Waals surface area contributed by atoms with Gasteiger partial charge in [-0.05, 0) is 76.1 Å². The van der Waals surface area contributed by atoms with Gasteiger partial charge in [0, 0.05) is 35.8 Å². The average Bonchev–Trinajstić information content (AvgIpc) is 3.34. The van der Waals surface area contributed by atoms with E-state index in [2.05, 4.69) is 9.97 Å². The van der Waals surface area contributed by atoms with E-state index in [0.717, 1.165) is 16.6 Å². The van der Waals surface area contributed by atoms with Crippen LogP contribution in [0.1, 0.15) is 79.3 Å². The third kappa shape index (κ3) is 7.76. The third-order valence-corrected chi connectivity index (χ3v) is 6.80. The number of fused-ring (bicyclic) bond motifs is 1. The monoisotopic (exact) mass is 576 g/mol. The molecule has 0 aliphatic heterocycles. The van der Waals surface area contributed by atoms with E-state index in [-0.39, 0.29) is 37.6 Å². The number of hydrogen-bond donors (Lipinski definition) is 0. The summed E-state index contributed by atoms with van der Waals surface area (Å²) in [5, 5.41) is 5.63. The highest BCUT2D eigenvalue weighted by Gasteiger charge is 2.26. The molecule has 4 rings (SSSR count). The van der Waals surface area contributed by atoms with Gasteiger partial charge in [-0.3, -0.25) is 14.3 Å². The molecule has 4 aromatic rings. The minimum atomic E-state index is -0.615. The van der Waals surface area contributed by atoms with Crippen molar-refractivity contribution in [1.82, 2.24) is 19.7 Å². The number of carbonyl (C=O) groups is 2. The van der Waals surface area contributed by atoms with E-state index in [0.29, 0.717) is 29.0 Å². The van der Waals surface area contributed by atoms with Crippen LogP contribution in [-0.2, 0) is 27.4 Å². The summed E-state index contributed by atoms with van der Waals surface area (Å²) in [5.41, 5.74) is 3.33. The molecule has 42 heavy (non-hydrogen) atoms. The number of methoxy groups -OCH3 is 1. The van der Waals surface area contributed by atoms with E-state index in [9.17, 15) is 14.0 Å². The zero-order chi connectivity index (χ0) is 30.4. The third-order valence-electron chi connectivity index (χ3n) is 6.80. The van der Waals surface area contributed by atoms with Crippen LogP contribution in [0.3, 0.4) is 0 Å². The first-order valence-electron chi connectivity index (χ1n) is 13.9. The van der Waals surface area contributed by atoms with Crippen LogP contribution in [0.5, 0.6) is 5.75 Å². The van der Waals surface area contributed by atoms with Crippen LogP contribution in [-0.4, -0.2) is 50.8 Å². The summed E-state index contributed by atoms with van der Waals surface area (Å²) in [7, 11) is 1.38. The van der Waals surface area contributed by atoms with Gasteiger partial charge in [-0.2, -0.15) is 5.10 Å². The fourth-order valence-electron chi connectivity index (χ4n) is 4.64. The number of aryl methyl sites for hydroxylation is 1. The van der Waals surface area contributed by atoms with Gasteiger partial charge in [-0.15, -0.1) is 0 Å². The summed E-state index contributed by atoms with van der Waals surface area (Å²) in [6, 6.07) is 10.3. The number of carbonyl (C=O) groups excluding carboxylic acids is 2. The van der Waals surface area contributed by atoms with Crippen LogP contribution in [0, 0.1) is 12.7 Å². The molecule has 0 fully saturated rings. The van der Waals surface area contributed by atoms with E-state index < -0.39 is 23.3 Å². The molecule has 0 unspecified atom stereocenters. The fraction of sp³-hybridized carbons (Fsp3) is 0.406. The first kappa shape index (κ1) is 30.8. The van der Waals surface area contributed by atoms with E-state index in [4.69, 9.17) is 19.3 Å². The molecule has 0 aliphatic rings. The summed E-state index contributed by atoms with van der Waals surface area (Å²) in [5.74, 6) is -1.81. The van der Waals surface area contributed by atoms with Gasteiger partial charge in [0.1, 0.15) is 0 Å². The molecule has 9 nitrogen and oxygen atoms in total. The van der Waals surface area contributed by atoms with Gasteiger partial charge < -0.3 is 14.2 Å². The Morgan fingerprint density at radius 3 is 2.60 bits per heavy atom. The van der Waals surface area contributed by atoms with Gasteiger partial charge in [0.15, 0.2) is 23.0 Å². The first-order valence-corrected chi connectivity index (χ1v) is 13.9. The Morgan fingerprint density at radius 2 is 1.90 bits per heavy atom. The number of benzene rings is 1. The Balaban J connectivity index is 1.66. The number of halogens is 1. The van der Waals surface area contributed by atoms with Crippen molar-refractivity contribution in [3.8, 4) is 5.75 Å². The molecule has 0 amide bonds. The highest BCUT2D eigenvalue weighted by molar-refractivity contribution is 5.97. The van der Waals surface area contributed by atoms with Crippen LogP contribution in [0.15, 0.2) is 48.8 Å². The van der Waals surface area contributed by atoms with Crippen LogP contribution in [0.25, 0.3) is 11.0 Å². The van der Waals surface area contributed by atoms with Crippen molar-refractivity contribution in [3.63, 3.8) is 0 Å². The lowest BCUT2D eigenvalue weighted by Gasteiger charge is -2.19. The van der Waals surface area contributed by atoms with Crippen molar-refractivity contribution in [2.24, 2.45) is 0 Å². The number of ether oxygens (including phenoxy) is 3. The molecule has 0 spiro atoms. The Bertz CT molecular complexity index is 1580. The predicted molar refractivity (Wildman–Crippen MR) is 156 cm³/mol. The molecule has 0 saturated carbocycles. The van der Waals surface area contributed by atoms with Gasteiger partial charge in [0.2, 0.25) is 0 Å².